The van der Waals surface area contributed by atoms with Gasteiger partial charge in [0.25, 0.3) is 0 Å². The molecule has 1 heterocycles. The van der Waals surface area contributed by atoms with Gasteiger partial charge in [0, 0.05) is 30.9 Å². The van der Waals surface area contributed by atoms with Crippen LogP contribution < -0.4 is 0 Å². The van der Waals surface area contributed by atoms with Gasteiger partial charge in [-0.2, -0.15) is 0 Å². The fourth-order valence-corrected chi connectivity index (χ4v) is 3.91. The van der Waals surface area contributed by atoms with E-state index >= 15 is 0 Å². The van der Waals surface area contributed by atoms with Crippen molar-refractivity contribution in [3.05, 3.63) is 59.4 Å². The van der Waals surface area contributed by atoms with E-state index in [0.29, 0.717) is 12.5 Å². The predicted molar refractivity (Wildman–Crippen MR) is 102 cm³/mol. The van der Waals surface area contributed by atoms with Gasteiger partial charge >= 0.3 is 0 Å². The van der Waals surface area contributed by atoms with Crippen molar-refractivity contribution in [2.75, 3.05) is 0 Å². The van der Waals surface area contributed by atoms with E-state index in [1.165, 1.54) is 36.1 Å². The molecule has 25 heavy (non-hydrogen) atoms. The van der Waals surface area contributed by atoms with Gasteiger partial charge in [-0.05, 0) is 43.0 Å². The van der Waals surface area contributed by atoms with Gasteiger partial charge in [0.15, 0.2) is 0 Å². The number of rotatable bonds is 6. The van der Waals surface area contributed by atoms with Crippen LogP contribution in [0.4, 0.5) is 0 Å². The highest BCUT2D eigenvalue weighted by Crippen LogP contribution is 2.25. The summed E-state index contributed by atoms with van der Waals surface area (Å²) in [6.45, 7) is 5.74. The molecular formula is C22H30N2O. The first-order valence-electron chi connectivity index (χ1n) is 9.67. The summed E-state index contributed by atoms with van der Waals surface area (Å²) in [7, 11) is 0. The van der Waals surface area contributed by atoms with Gasteiger partial charge in [-0.25, -0.2) is 0 Å². The van der Waals surface area contributed by atoms with Crippen molar-refractivity contribution in [1.29, 1.82) is 0 Å². The Morgan fingerprint density at radius 1 is 1.12 bits per heavy atom. The summed E-state index contributed by atoms with van der Waals surface area (Å²) in [5, 5.41) is 0. The van der Waals surface area contributed by atoms with Crippen LogP contribution in [0.5, 0.6) is 0 Å². The van der Waals surface area contributed by atoms with E-state index in [0.717, 1.165) is 25.9 Å². The van der Waals surface area contributed by atoms with Crippen LogP contribution in [-0.2, 0) is 17.9 Å². The van der Waals surface area contributed by atoms with E-state index in [9.17, 15) is 4.79 Å². The second-order valence-electron chi connectivity index (χ2n) is 7.22. The zero-order valence-corrected chi connectivity index (χ0v) is 15.6. The molecule has 1 fully saturated rings. The summed E-state index contributed by atoms with van der Waals surface area (Å²) in [6, 6.07) is 13.2. The molecule has 1 aliphatic rings. The Labute approximate surface area is 151 Å². The topological polar surface area (TPSA) is 25.2 Å². The Balaban J connectivity index is 1.77. The van der Waals surface area contributed by atoms with Gasteiger partial charge in [0.1, 0.15) is 0 Å². The molecule has 3 rings (SSSR count). The molecule has 0 bridgehead atoms. The first kappa shape index (κ1) is 17.8. The Hall–Kier alpha value is -2.03. The molecule has 1 aliphatic carbocycles. The average Bonchev–Trinajstić information content (AvgIpc) is 3.08. The number of hydrogen-bond donors (Lipinski definition) is 0. The Morgan fingerprint density at radius 2 is 1.88 bits per heavy atom. The number of hydrogen-bond acceptors (Lipinski definition) is 1. The molecule has 0 radical (unpaired) electrons. The molecule has 3 nitrogen and oxygen atoms in total. The summed E-state index contributed by atoms with van der Waals surface area (Å²) in [4.78, 5) is 14.7. The van der Waals surface area contributed by atoms with E-state index in [1.54, 1.807) is 0 Å². The number of nitrogens with zero attached hydrogens (tertiary/aromatic N) is 2. The number of aromatic nitrogens is 1. The molecule has 134 valence electrons. The zero-order valence-electron chi connectivity index (χ0n) is 15.6. The lowest BCUT2D eigenvalue weighted by Gasteiger charge is -2.34. The molecule has 0 saturated heterocycles. The molecule has 0 aliphatic heterocycles. The van der Waals surface area contributed by atoms with Crippen LogP contribution in [0.3, 0.4) is 0 Å². The molecule has 0 unspecified atom stereocenters. The maximum atomic E-state index is 12.6. The molecule has 2 aromatic rings. The van der Waals surface area contributed by atoms with Gasteiger partial charge in [0.05, 0.1) is 6.54 Å². The first-order chi connectivity index (χ1) is 12.2. The van der Waals surface area contributed by atoms with E-state index in [-0.39, 0.29) is 5.91 Å². The van der Waals surface area contributed by atoms with Crippen LogP contribution in [0, 0.1) is 6.92 Å². The quantitative estimate of drug-likeness (QED) is 0.734. The molecule has 0 spiro atoms. The highest BCUT2D eigenvalue weighted by atomic mass is 16.2. The molecule has 3 heteroatoms. The van der Waals surface area contributed by atoms with Gasteiger partial charge in [-0.15, -0.1) is 0 Å². The molecule has 0 N–H and O–H groups in total. The minimum absolute atomic E-state index is 0.288. The number of carbonyl (C=O) groups excluding carboxylic acids is 1. The Kier molecular flexibility index (Phi) is 5.95. The van der Waals surface area contributed by atoms with Crippen LogP contribution in [0.2, 0.25) is 0 Å². The monoisotopic (exact) mass is 338 g/mol. The summed E-state index contributed by atoms with van der Waals surface area (Å²) >= 11 is 0. The molecule has 1 aromatic heterocycles. The van der Waals surface area contributed by atoms with Crippen molar-refractivity contribution in [2.24, 2.45) is 0 Å². The third kappa shape index (κ3) is 4.33. The van der Waals surface area contributed by atoms with Crippen LogP contribution >= 0.6 is 0 Å². The predicted octanol–water partition coefficient (Wildman–Crippen LogP) is 4.92. The van der Waals surface area contributed by atoms with Crippen molar-refractivity contribution in [2.45, 2.75) is 71.5 Å². The van der Waals surface area contributed by atoms with E-state index in [4.69, 9.17) is 0 Å². The second-order valence-corrected chi connectivity index (χ2v) is 7.22. The zero-order chi connectivity index (χ0) is 17.6. The van der Waals surface area contributed by atoms with Gasteiger partial charge in [0.2, 0.25) is 5.91 Å². The van der Waals surface area contributed by atoms with Gasteiger partial charge < -0.3 is 9.47 Å². The van der Waals surface area contributed by atoms with Crippen LogP contribution in [0.15, 0.2) is 42.6 Å². The lowest BCUT2D eigenvalue weighted by atomic mass is 9.94. The smallest absolute Gasteiger partial charge is 0.222 e. The summed E-state index contributed by atoms with van der Waals surface area (Å²) in [6.07, 6.45) is 8.86. The highest BCUT2D eigenvalue weighted by molar-refractivity contribution is 5.76. The summed E-state index contributed by atoms with van der Waals surface area (Å²) in [5.41, 5.74) is 3.89. The van der Waals surface area contributed by atoms with Crippen molar-refractivity contribution in [1.82, 2.24) is 9.47 Å². The SMILES string of the molecule is CCC(=O)N(Cc1cccn1Cc1ccccc1C)C1CCCCC1. The van der Waals surface area contributed by atoms with Crippen molar-refractivity contribution in [3.8, 4) is 0 Å². The maximum Gasteiger partial charge on any atom is 0.222 e. The van der Waals surface area contributed by atoms with Gasteiger partial charge in [-0.3, -0.25) is 4.79 Å². The number of amides is 1. The maximum absolute atomic E-state index is 12.6. The molecule has 1 saturated carbocycles. The van der Waals surface area contributed by atoms with Crippen molar-refractivity contribution < 1.29 is 4.79 Å². The standard InChI is InChI=1S/C22H30N2O/c1-3-22(25)24(20-12-5-4-6-13-20)17-21-14-9-15-23(21)16-19-11-8-7-10-18(19)2/h7-11,14-15,20H,3-6,12-13,16-17H2,1-2H3. The normalized spacial score (nSPS) is 15.3. The third-order valence-electron chi connectivity index (χ3n) is 5.50. The second kappa shape index (κ2) is 8.37. The minimum Gasteiger partial charge on any atom is -0.345 e. The molecule has 1 aromatic carbocycles. The summed E-state index contributed by atoms with van der Waals surface area (Å²) < 4.78 is 2.29. The fourth-order valence-electron chi connectivity index (χ4n) is 3.91. The lowest BCUT2D eigenvalue weighted by Crippen LogP contribution is -2.41. The summed E-state index contributed by atoms with van der Waals surface area (Å²) in [5.74, 6) is 0.288. The van der Waals surface area contributed by atoms with Crippen LogP contribution in [0.25, 0.3) is 0 Å². The first-order valence-corrected chi connectivity index (χ1v) is 9.67. The fraction of sp³-hybridized carbons (Fsp3) is 0.500. The third-order valence-corrected chi connectivity index (χ3v) is 5.50. The Bertz CT molecular complexity index is 698. The molecule has 0 atom stereocenters. The van der Waals surface area contributed by atoms with Crippen molar-refractivity contribution in [3.63, 3.8) is 0 Å². The van der Waals surface area contributed by atoms with Crippen LogP contribution in [-0.4, -0.2) is 21.4 Å². The average molecular weight is 338 g/mol. The number of carbonyl (C=O) groups is 1. The largest absolute Gasteiger partial charge is 0.345 e. The van der Waals surface area contributed by atoms with Crippen LogP contribution in [0.1, 0.15) is 62.3 Å². The van der Waals surface area contributed by atoms with E-state index < -0.39 is 0 Å². The van der Waals surface area contributed by atoms with Gasteiger partial charge in [-0.1, -0.05) is 50.5 Å². The Morgan fingerprint density at radius 3 is 2.60 bits per heavy atom. The highest BCUT2D eigenvalue weighted by Gasteiger charge is 2.25. The minimum atomic E-state index is 0.288. The lowest BCUT2D eigenvalue weighted by molar-refractivity contribution is -0.134. The number of aryl methyl sites for hydroxylation is 1. The number of benzene rings is 1. The molecule has 1 amide bonds. The van der Waals surface area contributed by atoms with Crippen molar-refractivity contribution >= 4 is 5.91 Å². The van der Waals surface area contributed by atoms with E-state index in [2.05, 4.69) is 59.0 Å². The molecular weight excluding hydrogens is 308 g/mol. The van der Waals surface area contributed by atoms with E-state index in [1.807, 2.05) is 6.92 Å².